The minimum absolute atomic E-state index is 0.0242. The normalized spacial score (nSPS) is 15.3. The van der Waals surface area contributed by atoms with Crippen molar-refractivity contribution in [2.24, 2.45) is 5.92 Å². The summed E-state index contributed by atoms with van der Waals surface area (Å²) in [6.07, 6.45) is -3.31. The SMILES string of the molecule is COC(=O)C(C)(C)c1cccc(N2CCC(CN(Cc3ccc(C(F)(F)F)o3)S(=O)(=O)c3c(C)cc(C)cc3C)CC2)c1. The lowest BCUT2D eigenvalue weighted by molar-refractivity contribution is -0.153. The molecule has 1 saturated heterocycles. The highest BCUT2D eigenvalue weighted by atomic mass is 32.2. The minimum atomic E-state index is -4.66. The van der Waals surface area contributed by atoms with Crippen molar-refractivity contribution in [2.45, 2.75) is 70.5 Å². The third-order valence-corrected chi connectivity index (χ3v) is 10.3. The first-order chi connectivity index (χ1) is 20.0. The third-order valence-electron chi connectivity index (χ3n) is 8.18. The zero-order valence-corrected chi connectivity index (χ0v) is 26.2. The van der Waals surface area contributed by atoms with Crippen LogP contribution in [0.4, 0.5) is 18.9 Å². The lowest BCUT2D eigenvalue weighted by atomic mass is 9.84. The predicted molar refractivity (Wildman–Crippen MR) is 158 cm³/mol. The number of furan rings is 1. The number of ether oxygens (including phenoxy) is 1. The molecule has 1 fully saturated rings. The number of nitrogens with zero attached hydrogens (tertiary/aromatic N) is 2. The molecule has 43 heavy (non-hydrogen) atoms. The smallest absolute Gasteiger partial charge is 0.449 e. The van der Waals surface area contributed by atoms with Crippen LogP contribution in [0, 0.1) is 26.7 Å². The first-order valence-corrected chi connectivity index (χ1v) is 15.7. The molecule has 0 radical (unpaired) electrons. The number of esters is 1. The van der Waals surface area contributed by atoms with Gasteiger partial charge in [0.1, 0.15) is 5.76 Å². The Morgan fingerprint density at radius 2 is 1.65 bits per heavy atom. The van der Waals surface area contributed by atoms with E-state index in [-0.39, 0.29) is 35.6 Å². The van der Waals surface area contributed by atoms with Crippen LogP contribution in [0.2, 0.25) is 0 Å². The minimum Gasteiger partial charge on any atom is -0.468 e. The van der Waals surface area contributed by atoms with Gasteiger partial charge >= 0.3 is 12.1 Å². The molecule has 0 saturated carbocycles. The number of hydrogen-bond donors (Lipinski definition) is 0. The second-order valence-corrected chi connectivity index (χ2v) is 13.8. The highest BCUT2D eigenvalue weighted by Gasteiger charge is 2.37. The Bertz CT molecular complexity index is 1550. The average Bonchev–Trinajstić information content (AvgIpc) is 3.41. The number of carbonyl (C=O) groups is 1. The van der Waals surface area contributed by atoms with Gasteiger partial charge in [0.05, 0.1) is 24.0 Å². The number of rotatable bonds is 9. The Kier molecular flexibility index (Phi) is 9.37. The molecule has 4 rings (SSSR count). The Hall–Kier alpha value is -3.31. The fourth-order valence-corrected chi connectivity index (χ4v) is 7.76. The van der Waals surface area contributed by atoms with Crippen molar-refractivity contribution in [3.63, 3.8) is 0 Å². The fourth-order valence-electron chi connectivity index (χ4n) is 5.87. The van der Waals surface area contributed by atoms with Crippen LogP contribution in [-0.2, 0) is 37.7 Å². The van der Waals surface area contributed by atoms with Gasteiger partial charge in [-0.15, -0.1) is 0 Å². The second kappa shape index (κ2) is 12.4. The van der Waals surface area contributed by atoms with Crippen LogP contribution >= 0.6 is 0 Å². The summed E-state index contributed by atoms with van der Waals surface area (Å²) < 4.78 is 79.1. The Labute approximate surface area is 251 Å². The number of benzene rings is 2. The first-order valence-electron chi connectivity index (χ1n) is 14.2. The summed E-state index contributed by atoms with van der Waals surface area (Å²) in [6, 6.07) is 13.4. The standard InChI is InChI=1S/C32H39F3N2O5S/c1-21-16-22(2)29(23(3)17-21)43(39,40)37(20-27-10-11-28(42-27)32(33,34)35)19-24-12-14-36(15-13-24)26-9-7-8-25(18-26)31(4,5)30(38)41-6/h7-11,16-18,24H,12-15,19-20H2,1-6H3. The first kappa shape index (κ1) is 32.6. The van der Waals surface area contributed by atoms with E-state index in [0.29, 0.717) is 37.1 Å². The van der Waals surface area contributed by atoms with Crippen molar-refractivity contribution in [2.75, 3.05) is 31.6 Å². The number of alkyl halides is 3. The van der Waals surface area contributed by atoms with Gasteiger partial charge in [-0.2, -0.15) is 17.5 Å². The van der Waals surface area contributed by atoms with Crippen molar-refractivity contribution < 1.29 is 35.5 Å². The number of hydrogen-bond acceptors (Lipinski definition) is 6. The van der Waals surface area contributed by atoms with Gasteiger partial charge < -0.3 is 14.1 Å². The molecule has 0 amide bonds. The van der Waals surface area contributed by atoms with Gasteiger partial charge in [-0.3, -0.25) is 4.79 Å². The van der Waals surface area contributed by atoms with Crippen molar-refractivity contribution in [1.29, 1.82) is 0 Å². The Balaban J connectivity index is 1.56. The summed E-state index contributed by atoms with van der Waals surface area (Å²) in [7, 11) is -2.70. The summed E-state index contributed by atoms with van der Waals surface area (Å²) in [4.78, 5) is 14.7. The van der Waals surface area contributed by atoms with Gasteiger partial charge in [-0.05, 0) is 94.3 Å². The maximum Gasteiger partial charge on any atom is 0.449 e. The molecule has 0 aliphatic carbocycles. The van der Waals surface area contributed by atoms with E-state index in [1.165, 1.54) is 17.5 Å². The molecule has 0 bridgehead atoms. The monoisotopic (exact) mass is 620 g/mol. The third kappa shape index (κ3) is 7.09. The van der Waals surface area contributed by atoms with E-state index in [4.69, 9.17) is 9.15 Å². The molecule has 0 N–H and O–H groups in total. The number of halogens is 3. The molecule has 11 heteroatoms. The summed E-state index contributed by atoms with van der Waals surface area (Å²) in [5, 5.41) is 0. The summed E-state index contributed by atoms with van der Waals surface area (Å²) in [6.45, 7) is 10.1. The number of piperidine rings is 1. The molecular formula is C32H39F3N2O5S. The molecule has 0 unspecified atom stereocenters. The lowest BCUT2D eigenvalue weighted by Gasteiger charge is -2.36. The van der Waals surface area contributed by atoms with Gasteiger partial charge in [0.2, 0.25) is 15.8 Å². The molecule has 234 valence electrons. The van der Waals surface area contributed by atoms with Crippen molar-refractivity contribution in [3.05, 3.63) is 82.3 Å². The number of methoxy groups -OCH3 is 1. The zero-order chi connectivity index (χ0) is 31.7. The summed E-state index contributed by atoms with van der Waals surface area (Å²) in [5.74, 6) is -1.58. The Morgan fingerprint density at radius 3 is 2.21 bits per heavy atom. The van der Waals surface area contributed by atoms with Crippen molar-refractivity contribution >= 4 is 21.7 Å². The van der Waals surface area contributed by atoms with Gasteiger partial charge in [0.15, 0.2) is 0 Å². The van der Waals surface area contributed by atoms with Crippen LogP contribution in [0.5, 0.6) is 0 Å². The number of carbonyl (C=O) groups excluding carboxylic acids is 1. The quantitative estimate of drug-likeness (QED) is 0.246. The topological polar surface area (TPSA) is 80.1 Å². The number of aryl methyl sites for hydroxylation is 3. The number of anilines is 1. The number of sulfonamides is 1. The highest BCUT2D eigenvalue weighted by Crippen LogP contribution is 2.34. The van der Waals surface area contributed by atoms with Crippen LogP contribution in [-0.4, -0.2) is 45.4 Å². The molecule has 1 aliphatic heterocycles. The van der Waals surface area contributed by atoms with Gasteiger partial charge in [0, 0.05) is 25.3 Å². The van der Waals surface area contributed by atoms with Gasteiger partial charge in [-0.1, -0.05) is 29.8 Å². The molecule has 0 spiro atoms. The molecule has 3 aromatic rings. The van der Waals surface area contributed by atoms with Crippen LogP contribution in [0.3, 0.4) is 0 Å². The van der Waals surface area contributed by atoms with E-state index in [9.17, 15) is 26.4 Å². The summed E-state index contributed by atoms with van der Waals surface area (Å²) >= 11 is 0. The largest absolute Gasteiger partial charge is 0.468 e. The van der Waals surface area contributed by atoms with E-state index in [0.717, 1.165) is 22.9 Å². The summed E-state index contributed by atoms with van der Waals surface area (Å²) in [5.41, 5.74) is 3.07. The molecule has 1 aromatic heterocycles. The molecule has 2 aromatic carbocycles. The van der Waals surface area contributed by atoms with E-state index in [2.05, 4.69) is 4.90 Å². The van der Waals surface area contributed by atoms with Gasteiger partial charge in [-0.25, -0.2) is 8.42 Å². The molecule has 1 aliphatic rings. The van der Waals surface area contributed by atoms with E-state index >= 15 is 0 Å². The lowest BCUT2D eigenvalue weighted by Crippen LogP contribution is -2.41. The van der Waals surface area contributed by atoms with Crippen LogP contribution in [0.1, 0.15) is 60.5 Å². The highest BCUT2D eigenvalue weighted by molar-refractivity contribution is 7.89. The van der Waals surface area contributed by atoms with Crippen molar-refractivity contribution in [1.82, 2.24) is 4.31 Å². The van der Waals surface area contributed by atoms with Crippen LogP contribution in [0.15, 0.2) is 57.8 Å². The molecular weight excluding hydrogens is 581 g/mol. The molecule has 7 nitrogen and oxygen atoms in total. The maximum atomic E-state index is 14.1. The zero-order valence-electron chi connectivity index (χ0n) is 25.4. The van der Waals surface area contributed by atoms with E-state index in [1.807, 2.05) is 45.0 Å². The predicted octanol–water partition coefficient (Wildman–Crippen LogP) is 6.78. The van der Waals surface area contributed by atoms with E-state index < -0.39 is 27.4 Å². The second-order valence-electron chi connectivity index (χ2n) is 11.9. The molecule has 2 heterocycles. The van der Waals surface area contributed by atoms with E-state index in [1.54, 1.807) is 26.0 Å². The maximum absolute atomic E-state index is 14.1. The Morgan fingerprint density at radius 1 is 1.02 bits per heavy atom. The van der Waals surface area contributed by atoms with Crippen LogP contribution < -0.4 is 4.90 Å². The van der Waals surface area contributed by atoms with Crippen LogP contribution in [0.25, 0.3) is 0 Å². The van der Waals surface area contributed by atoms with Gasteiger partial charge in [0.25, 0.3) is 0 Å². The fraction of sp³-hybridized carbons (Fsp3) is 0.469. The molecule has 0 atom stereocenters. The van der Waals surface area contributed by atoms with Crippen molar-refractivity contribution in [3.8, 4) is 0 Å². The average molecular weight is 621 g/mol.